The van der Waals surface area contributed by atoms with Crippen molar-refractivity contribution in [2.75, 3.05) is 32.2 Å². The summed E-state index contributed by atoms with van der Waals surface area (Å²) < 4.78 is 22.6. The highest BCUT2D eigenvalue weighted by Gasteiger charge is 2.14. The second kappa shape index (κ2) is 14.5. The molecular weight excluding hydrogens is 492 g/mol. The number of anilines is 1. The van der Waals surface area contributed by atoms with Gasteiger partial charge in [0.25, 0.3) is 5.91 Å². The molecule has 37 heavy (non-hydrogen) atoms. The first-order valence-corrected chi connectivity index (χ1v) is 12.8. The van der Waals surface area contributed by atoms with Gasteiger partial charge >= 0.3 is 0 Å². The number of para-hydroxylation sites is 2. The molecule has 10 heteroatoms. The highest BCUT2D eigenvalue weighted by atomic mass is 32.1. The van der Waals surface area contributed by atoms with Gasteiger partial charge in [0.15, 0.2) is 23.0 Å². The van der Waals surface area contributed by atoms with Crippen molar-refractivity contribution in [2.45, 2.75) is 33.1 Å². The quantitative estimate of drug-likeness (QED) is 0.172. The smallest absolute Gasteiger partial charge is 0.268 e. The van der Waals surface area contributed by atoms with E-state index in [9.17, 15) is 10.1 Å². The van der Waals surface area contributed by atoms with Gasteiger partial charge in [-0.25, -0.2) is 0 Å². The SMILES string of the molecule is CCCCc1nnc(NC(=O)C(C#N)=Cc2ccc(OCCOc3ccccc3OC)c(OCC)c2)s1. The maximum atomic E-state index is 12.6. The summed E-state index contributed by atoms with van der Waals surface area (Å²) in [6.45, 7) is 4.97. The standard InChI is InChI=1S/C27H30N4O5S/c1-4-6-11-25-30-31-27(37-25)29-26(32)20(18-28)16-19-12-13-23(24(17-19)34-5-2)36-15-14-35-22-10-8-7-9-21(22)33-3/h7-10,12-13,16-17H,4-6,11,14-15H2,1-3H3,(H,29,31,32). The largest absolute Gasteiger partial charge is 0.493 e. The molecule has 1 heterocycles. The summed E-state index contributed by atoms with van der Waals surface area (Å²) in [6, 6.07) is 14.5. The lowest BCUT2D eigenvalue weighted by molar-refractivity contribution is -0.112. The first-order valence-electron chi connectivity index (χ1n) is 12.0. The summed E-state index contributed by atoms with van der Waals surface area (Å²) >= 11 is 1.31. The number of methoxy groups -OCH3 is 1. The van der Waals surface area contributed by atoms with Crippen LogP contribution >= 0.6 is 11.3 Å². The van der Waals surface area contributed by atoms with E-state index in [1.807, 2.05) is 37.3 Å². The first kappa shape index (κ1) is 27.5. The van der Waals surface area contributed by atoms with Gasteiger partial charge in [-0.1, -0.05) is 42.9 Å². The molecule has 1 amide bonds. The van der Waals surface area contributed by atoms with Gasteiger partial charge in [-0.3, -0.25) is 10.1 Å². The maximum absolute atomic E-state index is 12.6. The number of ether oxygens (including phenoxy) is 4. The minimum absolute atomic E-state index is 0.0633. The van der Waals surface area contributed by atoms with Gasteiger partial charge in [-0.2, -0.15) is 5.26 Å². The number of aryl methyl sites for hydroxylation is 1. The second-order valence-corrected chi connectivity index (χ2v) is 8.78. The number of rotatable bonds is 14. The number of amides is 1. The number of nitrogens with one attached hydrogen (secondary N) is 1. The Morgan fingerprint density at radius 2 is 1.76 bits per heavy atom. The molecule has 0 aliphatic heterocycles. The number of unbranched alkanes of at least 4 members (excludes halogenated alkanes) is 1. The summed E-state index contributed by atoms with van der Waals surface area (Å²) in [6.07, 6.45) is 4.35. The van der Waals surface area contributed by atoms with E-state index in [-0.39, 0.29) is 12.2 Å². The van der Waals surface area contributed by atoms with Crippen LogP contribution in [0.4, 0.5) is 5.13 Å². The van der Waals surface area contributed by atoms with Crippen molar-refractivity contribution >= 4 is 28.5 Å². The molecule has 194 valence electrons. The van der Waals surface area contributed by atoms with Crippen LogP contribution in [0.25, 0.3) is 6.08 Å². The Morgan fingerprint density at radius 1 is 1.03 bits per heavy atom. The van der Waals surface area contributed by atoms with Crippen molar-refractivity contribution in [2.24, 2.45) is 0 Å². The highest BCUT2D eigenvalue weighted by molar-refractivity contribution is 7.15. The lowest BCUT2D eigenvalue weighted by atomic mass is 10.1. The topological polar surface area (TPSA) is 116 Å². The third kappa shape index (κ3) is 8.22. The zero-order valence-electron chi connectivity index (χ0n) is 21.2. The van der Waals surface area contributed by atoms with E-state index >= 15 is 0 Å². The molecule has 0 unspecified atom stereocenters. The van der Waals surface area contributed by atoms with E-state index in [0.717, 1.165) is 24.3 Å². The lowest BCUT2D eigenvalue weighted by Gasteiger charge is -2.14. The molecule has 0 bridgehead atoms. The van der Waals surface area contributed by atoms with E-state index in [0.29, 0.717) is 46.9 Å². The summed E-state index contributed by atoms with van der Waals surface area (Å²) in [5.74, 6) is 1.75. The highest BCUT2D eigenvalue weighted by Crippen LogP contribution is 2.30. The Kier molecular flexibility index (Phi) is 10.7. The fourth-order valence-electron chi connectivity index (χ4n) is 3.26. The molecule has 2 aromatic carbocycles. The molecule has 0 spiro atoms. The van der Waals surface area contributed by atoms with Crippen LogP contribution in [0.2, 0.25) is 0 Å². The minimum Gasteiger partial charge on any atom is -0.493 e. The van der Waals surface area contributed by atoms with Gasteiger partial charge in [0, 0.05) is 6.42 Å². The molecular formula is C27H30N4O5S. The van der Waals surface area contributed by atoms with Crippen LogP contribution < -0.4 is 24.3 Å². The predicted molar refractivity (Wildman–Crippen MR) is 142 cm³/mol. The number of nitrogens with zero attached hydrogens (tertiary/aromatic N) is 3. The number of hydrogen-bond donors (Lipinski definition) is 1. The molecule has 1 N–H and O–H groups in total. The number of nitriles is 1. The average Bonchev–Trinajstić information content (AvgIpc) is 3.36. The molecule has 0 saturated carbocycles. The molecule has 1 aromatic heterocycles. The molecule has 0 aliphatic carbocycles. The number of aromatic nitrogens is 2. The van der Waals surface area contributed by atoms with Gasteiger partial charge in [-0.05, 0) is 49.2 Å². The maximum Gasteiger partial charge on any atom is 0.268 e. The Bertz CT molecular complexity index is 1250. The third-order valence-corrected chi connectivity index (χ3v) is 5.94. The molecule has 3 rings (SSSR count). The van der Waals surface area contributed by atoms with E-state index in [1.165, 1.54) is 17.4 Å². The second-order valence-electron chi connectivity index (χ2n) is 7.72. The third-order valence-electron chi connectivity index (χ3n) is 5.04. The van der Waals surface area contributed by atoms with Crippen LogP contribution in [0.15, 0.2) is 48.0 Å². The number of carbonyl (C=O) groups is 1. The zero-order chi connectivity index (χ0) is 26.5. The molecule has 0 fully saturated rings. The van der Waals surface area contributed by atoms with Crippen molar-refractivity contribution in [1.82, 2.24) is 10.2 Å². The summed E-state index contributed by atoms with van der Waals surface area (Å²) in [5.41, 5.74) is 0.556. The summed E-state index contributed by atoms with van der Waals surface area (Å²) in [5, 5.41) is 21.5. The molecule has 0 atom stereocenters. The van der Waals surface area contributed by atoms with Crippen molar-refractivity contribution in [3.63, 3.8) is 0 Å². The normalized spacial score (nSPS) is 10.9. The van der Waals surface area contributed by atoms with Gasteiger partial charge < -0.3 is 18.9 Å². The predicted octanol–water partition coefficient (Wildman–Crippen LogP) is 5.29. The van der Waals surface area contributed by atoms with Crippen LogP contribution in [-0.4, -0.2) is 43.0 Å². The van der Waals surface area contributed by atoms with Gasteiger partial charge in [-0.15, -0.1) is 10.2 Å². The van der Waals surface area contributed by atoms with Gasteiger partial charge in [0.2, 0.25) is 5.13 Å². The number of carbonyl (C=O) groups excluding carboxylic acids is 1. The molecule has 0 radical (unpaired) electrons. The molecule has 0 aliphatic rings. The van der Waals surface area contributed by atoms with Crippen molar-refractivity contribution in [3.8, 4) is 29.1 Å². The van der Waals surface area contributed by atoms with Crippen molar-refractivity contribution < 1.29 is 23.7 Å². The fourth-order valence-corrected chi connectivity index (χ4v) is 4.03. The van der Waals surface area contributed by atoms with E-state index in [2.05, 4.69) is 22.4 Å². The van der Waals surface area contributed by atoms with Crippen LogP contribution in [0.3, 0.4) is 0 Å². The average molecular weight is 523 g/mol. The van der Waals surface area contributed by atoms with E-state index < -0.39 is 5.91 Å². The Hall–Kier alpha value is -4.10. The van der Waals surface area contributed by atoms with E-state index in [1.54, 1.807) is 25.3 Å². The van der Waals surface area contributed by atoms with Crippen LogP contribution in [-0.2, 0) is 11.2 Å². The minimum atomic E-state index is -0.549. The van der Waals surface area contributed by atoms with Crippen molar-refractivity contribution in [3.05, 3.63) is 58.6 Å². The Labute approximate surface area is 220 Å². The molecule has 9 nitrogen and oxygen atoms in total. The fraction of sp³-hybridized carbons (Fsp3) is 0.333. The van der Waals surface area contributed by atoms with E-state index in [4.69, 9.17) is 18.9 Å². The zero-order valence-corrected chi connectivity index (χ0v) is 22.0. The Morgan fingerprint density at radius 3 is 2.43 bits per heavy atom. The molecule has 3 aromatic rings. The van der Waals surface area contributed by atoms with Crippen molar-refractivity contribution in [1.29, 1.82) is 5.26 Å². The van der Waals surface area contributed by atoms with Crippen LogP contribution in [0.1, 0.15) is 37.3 Å². The number of hydrogen-bond acceptors (Lipinski definition) is 9. The van der Waals surface area contributed by atoms with Gasteiger partial charge in [0.05, 0.1) is 13.7 Å². The van der Waals surface area contributed by atoms with Crippen LogP contribution in [0.5, 0.6) is 23.0 Å². The lowest BCUT2D eigenvalue weighted by Crippen LogP contribution is -2.13. The first-order chi connectivity index (χ1) is 18.1. The van der Waals surface area contributed by atoms with Crippen LogP contribution in [0, 0.1) is 11.3 Å². The number of benzene rings is 2. The monoisotopic (exact) mass is 522 g/mol. The summed E-state index contributed by atoms with van der Waals surface area (Å²) in [4.78, 5) is 12.6. The summed E-state index contributed by atoms with van der Waals surface area (Å²) in [7, 11) is 1.59. The van der Waals surface area contributed by atoms with Gasteiger partial charge in [0.1, 0.15) is 29.9 Å². The Balaban J connectivity index is 1.64. The molecule has 0 saturated heterocycles.